The number of nitrogens with zero attached hydrogens (tertiary/aromatic N) is 2. The molecule has 3 aromatic rings. The summed E-state index contributed by atoms with van der Waals surface area (Å²) < 4.78 is 14.3. The quantitative estimate of drug-likeness (QED) is 0.499. The number of anilines is 3. The highest BCUT2D eigenvalue weighted by Crippen LogP contribution is 2.25. The van der Waals surface area contributed by atoms with Crippen molar-refractivity contribution >= 4 is 34.1 Å². The Morgan fingerprint density at radius 2 is 2.04 bits per heavy atom. The molecule has 0 atom stereocenters. The lowest BCUT2D eigenvalue weighted by molar-refractivity contribution is 0.100. The molecule has 0 aliphatic carbocycles. The van der Waals surface area contributed by atoms with E-state index >= 15 is 0 Å². The number of carbonyl (C=O) groups excluding carboxylic acids is 1. The summed E-state index contributed by atoms with van der Waals surface area (Å²) in [6.45, 7) is 2.23. The summed E-state index contributed by atoms with van der Waals surface area (Å²) >= 11 is 0. The van der Waals surface area contributed by atoms with Crippen LogP contribution in [0.4, 0.5) is 21.7 Å². The maximum absolute atomic E-state index is 14.3. The average Bonchev–Trinajstić information content (AvgIpc) is 2.69. The molecule has 0 aliphatic heterocycles. The lowest BCUT2D eigenvalue weighted by Crippen LogP contribution is -2.17. The summed E-state index contributed by atoms with van der Waals surface area (Å²) in [5, 5.41) is 6.84. The van der Waals surface area contributed by atoms with Crippen LogP contribution < -0.4 is 22.1 Å². The molecule has 0 saturated heterocycles. The highest BCUT2D eigenvalue weighted by Gasteiger charge is 2.16. The number of halogens is 1. The molecule has 2 heterocycles. The molecule has 0 spiro atoms. The Kier molecular flexibility index (Phi) is 5.69. The molecule has 0 bridgehead atoms. The highest BCUT2D eigenvalue weighted by atomic mass is 19.1. The minimum atomic E-state index is -0.777. The summed E-state index contributed by atoms with van der Waals surface area (Å²) in [4.78, 5) is 20.2. The smallest absolute Gasteiger partial charge is 0.252 e. The van der Waals surface area contributed by atoms with Gasteiger partial charge in [0.05, 0.1) is 11.1 Å². The van der Waals surface area contributed by atoms with Gasteiger partial charge in [0, 0.05) is 35.9 Å². The van der Waals surface area contributed by atoms with Gasteiger partial charge in [0.1, 0.15) is 5.82 Å². The van der Waals surface area contributed by atoms with Gasteiger partial charge in [0.2, 0.25) is 0 Å². The van der Waals surface area contributed by atoms with Gasteiger partial charge in [-0.2, -0.15) is 0 Å². The lowest BCUT2D eigenvalue weighted by Gasteiger charge is -2.14. The molecule has 0 aliphatic rings. The maximum atomic E-state index is 14.3. The SMILES string of the molecule is C/C=C(\N)CCNc1nc(Nc2ccc3ncccc3c2)c(C(N)=O)cc1F. The third-order valence-corrected chi connectivity index (χ3v) is 4.18. The van der Waals surface area contributed by atoms with Gasteiger partial charge >= 0.3 is 0 Å². The van der Waals surface area contributed by atoms with Crippen LogP contribution in [-0.2, 0) is 0 Å². The molecule has 1 amide bonds. The molecule has 7 nitrogen and oxygen atoms in total. The number of pyridine rings is 2. The van der Waals surface area contributed by atoms with Gasteiger partial charge in [0.25, 0.3) is 5.91 Å². The topological polar surface area (TPSA) is 119 Å². The first kappa shape index (κ1) is 19.1. The van der Waals surface area contributed by atoms with E-state index in [2.05, 4.69) is 20.6 Å². The Bertz CT molecular complexity index is 1050. The number of primary amides is 1. The molecule has 8 heteroatoms. The van der Waals surface area contributed by atoms with E-state index in [9.17, 15) is 9.18 Å². The van der Waals surface area contributed by atoms with E-state index in [4.69, 9.17) is 11.5 Å². The van der Waals surface area contributed by atoms with Crippen LogP contribution in [0.5, 0.6) is 0 Å². The van der Waals surface area contributed by atoms with Crippen LogP contribution in [0.3, 0.4) is 0 Å². The Morgan fingerprint density at radius 1 is 1.21 bits per heavy atom. The summed E-state index contributed by atoms with van der Waals surface area (Å²) in [5.74, 6) is -1.26. The van der Waals surface area contributed by atoms with Gasteiger partial charge in [0.15, 0.2) is 11.6 Å². The van der Waals surface area contributed by atoms with E-state index in [0.717, 1.165) is 17.0 Å². The first-order valence-electron chi connectivity index (χ1n) is 8.74. The molecule has 0 fully saturated rings. The largest absolute Gasteiger partial charge is 0.402 e. The fraction of sp³-hybridized carbons (Fsp3) is 0.150. The zero-order valence-electron chi connectivity index (χ0n) is 15.4. The molecular formula is C20H21FN6O. The first-order valence-corrected chi connectivity index (χ1v) is 8.74. The summed E-state index contributed by atoms with van der Waals surface area (Å²) in [6.07, 6.45) is 4.03. The van der Waals surface area contributed by atoms with Crippen molar-refractivity contribution in [2.45, 2.75) is 13.3 Å². The zero-order valence-corrected chi connectivity index (χ0v) is 15.4. The Balaban J connectivity index is 1.90. The number of allylic oxidation sites excluding steroid dienone is 1. The molecule has 6 N–H and O–H groups in total. The van der Waals surface area contributed by atoms with Crippen molar-refractivity contribution in [2.75, 3.05) is 17.2 Å². The van der Waals surface area contributed by atoms with Gasteiger partial charge in [-0.3, -0.25) is 9.78 Å². The first-order chi connectivity index (χ1) is 13.5. The van der Waals surface area contributed by atoms with Crippen LogP contribution in [0.1, 0.15) is 23.7 Å². The Labute approximate surface area is 161 Å². The Hall–Kier alpha value is -3.68. The normalized spacial score (nSPS) is 11.4. The zero-order chi connectivity index (χ0) is 20.1. The highest BCUT2D eigenvalue weighted by molar-refractivity contribution is 5.99. The Morgan fingerprint density at radius 3 is 2.79 bits per heavy atom. The molecule has 3 rings (SSSR count). The van der Waals surface area contributed by atoms with Crippen molar-refractivity contribution in [2.24, 2.45) is 11.5 Å². The molecule has 144 valence electrons. The molecule has 28 heavy (non-hydrogen) atoms. The van der Waals surface area contributed by atoms with Crippen LogP contribution in [0.25, 0.3) is 10.9 Å². The van der Waals surface area contributed by atoms with Crippen molar-refractivity contribution in [3.05, 3.63) is 65.7 Å². The summed E-state index contributed by atoms with van der Waals surface area (Å²) in [6, 6.07) is 10.3. The average molecular weight is 380 g/mol. The van der Waals surface area contributed by atoms with Gasteiger partial charge in [-0.05, 0) is 37.3 Å². The number of hydrogen-bond donors (Lipinski definition) is 4. The molecule has 0 unspecified atom stereocenters. The molecule has 0 saturated carbocycles. The third kappa shape index (κ3) is 4.35. The number of nitrogens with one attached hydrogen (secondary N) is 2. The number of amides is 1. The fourth-order valence-electron chi connectivity index (χ4n) is 2.66. The van der Waals surface area contributed by atoms with E-state index in [-0.39, 0.29) is 17.2 Å². The maximum Gasteiger partial charge on any atom is 0.252 e. The van der Waals surface area contributed by atoms with Crippen molar-refractivity contribution in [1.29, 1.82) is 0 Å². The van der Waals surface area contributed by atoms with Gasteiger partial charge in [-0.15, -0.1) is 0 Å². The molecule has 0 radical (unpaired) electrons. The van der Waals surface area contributed by atoms with Crippen LogP contribution in [0, 0.1) is 5.82 Å². The molecule has 1 aromatic carbocycles. The second kappa shape index (κ2) is 8.34. The van der Waals surface area contributed by atoms with Crippen LogP contribution in [-0.4, -0.2) is 22.4 Å². The summed E-state index contributed by atoms with van der Waals surface area (Å²) in [7, 11) is 0. The lowest BCUT2D eigenvalue weighted by atomic mass is 10.2. The standard InChI is InChI=1S/C20H21FN6O/c1-2-13(22)7-9-25-20-16(21)11-15(18(23)28)19(27-20)26-14-5-6-17-12(10-14)4-3-8-24-17/h2-6,8,10-11H,7,9,22H2,1H3,(H2,23,28)(H2,25,26,27)/b13-2-. The third-order valence-electron chi connectivity index (χ3n) is 4.18. The van der Waals surface area contributed by atoms with Crippen molar-refractivity contribution in [3.8, 4) is 0 Å². The number of carbonyl (C=O) groups is 1. The number of nitrogens with two attached hydrogens (primary N) is 2. The van der Waals surface area contributed by atoms with E-state index in [1.165, 1.54) is 0 Å². The predicted molar refractivity (Wildman–Crippen MR) is 109 cm³/mol. The van der Waals surface area contributed by atoms with Crippen LogP contribution in [0.15, 0.2) is 54.4 Å². The monoisotopic (exact) mass is 380 g/mol. The fourth-order valence-corrected chi connectivity index (χ4v) is 2.66. The molecular weight excluding hydrogens is 359 g/mol. The van der Waals surface area contributed by atoms with Crippen molar-refractivity contribution in [3.63, 3.8) is 0 Å². The van der Waals surface area contributed by atoms with Crippen molar-refractivity contribution in [1.82, 2.24) is 9.97 Å². The number of fused-ring (bicyclic) bond motifs is 1. The minimum Gasteiger partial charge on any atom is -0.402 e. The molecule has 2 aromatic heterocycles. The summed E-state index contributed by atoms with van der Waals surface area (Å²) in [5.41, 5.74) is 13.3. The van der Waals surface area contributed by atoms with Crippen LogP contribution >= 0.6 is 0 Å². The van der Waals surface area contributed by atoms with E-state index in [0.29, 0.717) is 24.4 Å². The number of benzene rings is 1. The predicted octanol–water partition coefficient (Wildman–Crippen LogP) is 3.28. The van der Waals surface area contributed by atoms with Crippen molar-refractivity contribution < 1.29 is 9.18 Å². The number of hydrogen-bond acceptors (Lipinski definition) is 6. The second-order valence-corrected chi connectivity index (χ2v) is 6.16. The van der Waals surface area contributed by atoms with Gasteiger partial charge < -0.3 is 22.1 Å². The van der Waals surface area contributed by atoms with Gasteiger partial charge in [-0.1, -0.05) is 12.1 Å². The van der Waals surface area contributed by atoms with Gasteiger partial charge in [-0.25, -0.2) is 9.37 Å². The number of aromatic nitrogens is 2. The second-order valence-electron chi connectivity index (χ2n) is 6.16. The van der Waals surface area contributed by atoms with E-state index < -0.39 is 11.7 Å². The van der Waals surface area contributed by atoms with E-state index in [1.54, 1.807) is 18.3 Å². The minimum absolute atomic E-state index is 0.0128. The van der Waals surface area contributed by atoms with E-state index in [1.807, 2.05) is 31.2 Å². The number of rotatable bonds is 7. The van der Waals surface area contributed by atoms with Crippen LogP contribution in [0.2, 0.25) is 0 Å².